The number of pyridine rings is 1. The van der Waals surface area contributed by atoms with Crippen LogP contribution in [0.25, 0.3) is 0 Å². The molecule has 0 unspecified atom stereocenters. The Morgan fingerprint density at radius 1 is 1.39 bits per heavy atom. The lowest BCUT2D eigenvalue weighted by Crippen LogP contribution is -2.42. The van der Waals surface area contributed by atoms with Crippen LogP contribution < -0.4 is 4.74 Å². The average molecular weight is 250 g/mol. The standard InChI is InChI=1S/C14H22N2O2/c1-16(12-5-3-4-6-13(12)17)10-11-7-8-14(18-2)15-9-11/h7-9,12-13,17H,3-6,10H2,1-2H3/t12-,13+/m1/s1. The third-order valence-electron chi connectivity index (χ3n) is 3.70. The Balaban J connectivity index is 1.94. The van der Waals surface area contributed by atoms with E-state index in [1.54, 1.807) is 7.11 Å². The molecule has 1 aromatic rings. The first-order valence-electron chi connectivity index (χ1n) is 6.58. The molecule has 4 heteroatoms. The molecule has 2 rings (SSSR count). The van der Waals surface area contributed by atoms with Crippen LogP contribution in [-0.4, -0.2) is 41.3 Å². The molecule has 2 atom stereocenters. The van der Waals surface area contributed by atoms with Gasteiger partial charge in [0.05, 0.1) is 13.2 Å². The van der Waals surface area contributed by atoms with Gasteiger partial charge in [0.1, 0.15) is 0 Å². The first kappa shape index (κ1) is 13.3. The maximum absolute atomic E-state index is 10.0. The predicted molar refractivity (Wildman–Crippen MR) is 70.5 cm³/mol. The third kappa shape index (κ3) is 3.21. The average Bonchev–Trinajstić information content (AvgIpc) is 2.40. The minimum absolute atomic E-state index is 0.185. The number of aliphatic hydroxyl groups excluding tert-OH is 1. The highest BCUT2D eigenvalue weighted by Crippen LogP contribution is 2.23. The monoisotopic (exact) mass is 250 g/mol. The second-order valence-corrected chi connectivity index (χ2v) is 5.04. The van der Waals surface area contributed by atoms with Gasteiger partial charge in [-0.3, -0.25) is 4.90 Å². The van der Waals surface area contributed by atoms with E-state index in [1.165, 1.54) is 6.42 Å². The molecule has 4 nitrogen and oxygen atoms in total. The van der Waals surface area contributed by atoms with E-state index >= 15 is 0 Å². The summed E-state index contributed by atoms with van der Waals surface area (Å²) in [6, 6.07) is 4.18. The molecule has 0 bridgehead atoms. The number of rotatable bonds is 4. The lowest BCUT2D eigenvalue weighted by atomic mass is 9.91. The molecule has 1 saturated carbocycles. The largest absolute Gasteiger partial charge is 0.481 e. The molecule has 0 spiro atoms. The van der Waals surface area contributed by atoms with Gasteiger partial charge in [-0.25, -0.2) is 4.98 Å². The summed E-state index contributed by atoms with van der Waals surface area (Å²) in [5.41, 5.74) is 1.15. The molecule has 0 radical (unpaired) electrons. The third-order valence-corrected chi connectivity index (χ3v) is 3.70. The van der Waals surface area contributed by atoms with Crippen molar-refractivity contribution in [2.24, 2.45) is 0 Å². The molecule has 1 aromatic heterocycles. The summed E-state index contributed by atoms with van der Waals surface area (Å²) in [6.45, 7) is 0.818. The number of hydrogen-bond donors (Lipinski definition) is 1. The van der Waals surface area contributed by atoms with Crippen LogP contribution in [0.3, 0.4) is 0 Å². The summed E-state index contributed by atoms with van der Waals surface area (Å²) >= 11 is 0. The molecule has 1 fully saturated rings. The summed E-state index contributed by atoms with van der Waals surface area (Å²) < 4.78 is 5.04. The lowest BCUT2D eigenvalue weighted by molar-refractivity contribution is 0.0288. The van der Waals surface area contributed by atoms with Crippen molar-refractivity contribution in [3.63, 3.8) is 0 Å². The summed E-state index contributed by atoms with van der Waals surface area (Å²) in [7, 11) is 3.69. The van der Waals surface area contributed by atoms with Crippen molar-refractivity contribution in [2.75, 3.05) is 14.2 Å². The maximum atomic E-state index is 10.0. The Morgan fingerprint density at radius 3 is 2.78 bits per heavy atom. The smallest absolute Gasteiger partial charge is 0.212 e. The first-order valence-corrected chi connectivity index (χ1v) is 6.58. The van der Waals surface area contributed by atoms with Crippen LogP contribution in [0.15, 0.2) is 18.3 Å². The highest BCUT2D eigenvalue weighted by Gasteiger charge is 2.26. The molecular weight excluding hydrogens is 228 g/mol. The molecule has 100 valence electrons. The molecule has 18 heavy (non-hydrogen) atoms. The highest BCUT2D eigenvalue weighted by atomic mass is 16.5. The van der Waals surface area contributed by atoms with Crippen molar-refractivity contribution >= 4 is 0 Å². The normalized spacial score (nSPS) is 24.2. The molecule has 0 amide bonds. The Bertz CT molecular complexity index is 367. The number of methoxy groups -OCH3 is 1. The maximum Gasteiger partial charge on any atom is 0.212 e. The van der Waals surface area contributed by atoms with Crippen LogP contribution >= 0.6 is 0 Å². The number of nitrogens with zero attached hydrogens (tertiary/aromatic N) is 2. The van der Waals surface area contributed by atoms with Crippen molar-refractivity contribution in [3.05, 3.63) is 23.9 Å². The van der Waals surface area contributed by atoms with E-state index in [4.69, 9.17) is 4.74 Å². The van der Waals surface area contributed by atoms with E-state index in [1.807, 2.05) is 18.3 Å². The SMILES string of the molecule is COc1ccc(CN(C)[C@@H]2CCCC[C@@H]2O)cn1. The predicted octanol–water partition coefficient (Wildman–Crippen LogP) is 1.83. The lowest BCUT2D eigenvalue weighted by Gasteiger charge is -2.35. The van der Waals surface area contributed by atoms with Gasteiger partial charge in [-0.1, -0.05) is 18.9 Å². The van der Waals surface area contributed by atoms with Crippen molar-refractivity contribution in [1.82, 2.24) is 9.88 Å². The van der Waals surface area contributed by atoms with Crippen LogP contribution in [0.2, 0.25) is 0 Å². The van der Waals surface area contributed by atoms with Gasteiger partial charge in [0, 0.05) is 24.8 Å². The summed E-state index contributed by atoms with van der Waals surface area (Å²) in [5.74, 6) is 0.638. The molecule has 1 aliphatic rings. The van der Waals surface area contributed by atoms with Crippen molar-refractivity contribution in [2.45, 2.75) is 44.4 Å². The number of hydrogen-bond acceptors (Lipinski definition) is 4. The Labute approximate surface area is 109 Å². The van der Waals surface area contributed by atoms with E-state index in [-0.39, 0.29) is 12.1 Å². The minimum Gasteiger partial charge on any atom is -0.481 e. The first-order chi connectivity index (χ1) is 8.70. The summed E-state index contributed by atoms with van der Waals surface area (Å²) in [6.07, 6.45) is 6.03. The van der Waals surface area contributed by atoms with Crippen molar-refractivity contribution in [3.8, 4) is 5.88 Å². The van der Waals surface area contributed by atoms with E-state index in [0.29, 0.717) is 5.88 Å². The quantitative estimate of drug-likeness (QED) is 0.885. The van der Waals surface area contributed by atoms with Gasteiger partial charge < -0.3 is 9.84 Å². The Kier molecular flexibility index (Phi) is 4.55. The van der Waals surface area contributed by atoms with Crippen molar-refractivity contribution < 1.29 is 9.84 Å². The van der Waals surface area contributed by atoms with Gasteiger partial charge >= 0.3 is 0 Å². The molecule has 1 aliphatic carbocycles. The van der Waals surface area contributed by atoms with Crippen LogP contribution in [0.1, 0.15) is 31.2 Å². The van der Waals surface area contributed by atoms with Crippen LogP contribution in [0, 0.1) is 0 Å². The molecule has 1 N–H and O–H groups in total. The molecule has 0 aromatic carbocycles. The minimum atomic E-state index is -0.185. The fraction of sp³-hybridized carbons (Fsp3) is 0.643. The van der Waals surface area contributed by atoms with E-state index in [2.05, 4.69) is 16.9 Å². The molecule has 0 saturated heterocycles. The van der Waals surface area contributed by atoms with E-state index in [9.17, 15) is 5.11 Å². The summed E-state index contributed by atoms with van der Waals surface area (Å²) in [5, 5.41) is 10.0. The molecule has 1 heterocycles. The van der Waals surface area contributed by atoms with E-state index < -0.39 is 0 Å². The topological polar surface area (TPSA) is 45.6 Å². The van der Waals surface area contributed by atoms with Crippen molar-refractivity contribution in [1.29, 1.82) is 0 Å². The fourth-order valence-corrected chi connectivity index (χ4v) is 2.64. The van der Waals surface area contributed by atoms with E-state index in [0.717, 1.165) is 31.4 Å². The summed E-state index contributed by atoms with van der Waals surface area (Å²) in [4.78, 5) is 6.43. The Morgan fingerprint density at radius 2 is 2.17 bits per heavy atom. The van der Waals surface area contributed by atoms with Crippen LogP contribution in [0.5, 0.6) is 5.88 Å². The Hall–Kier alpha value is -1.13. The molecule has 0 aliphatic heterocycles. The van der Waals surface area contributed by atoms with Gasteiger partial charge in [0.25, 0.3) is 0 Å². The van der Waals surface area contributed by atoms with Crippen LogP contribution in [-0.2, 0) is 6.54 Å². The molecular formula is C14H22N2O2. The fourth-order valence-electron chi connectivity index (χ4n) is 2.64. The number of ether oxygens (including phenoxy) is 1. The number of likely N-dealkylation sites (N-methyl/N-ethyl adjacent to an activating group) is 1. The van der Waals surface area contributed by atoms with Gasteiger partial charge in [-0.05, 0) is 25.5 Å². The van der Waals surface area contributed by atoms with Gasteiger partial charge in [-0.2, -0.15) is 0 Å². The number of aromatic nitrogens is 1. The number of aliphatic hydroxyl groups is 1. The van der Waals surface area contributed by atoms with Gasteiger partial charge in [-0.15, -0.1) is 0 Å². The zero-order chi connectivity index (χ0) is 13.0. The van der Waals surface area contributed by atoms with Gasteiger partial charge in [0.15, 0.2) is 0 Å². The highest BCUT2D eigenvalue weighted by molar-refractivity contribution is 5.17. The van der Waals surface area contributed by atoms with Crippen LogP contribution in [0.4, 0.5) is 0 Å². The second-order valence-electron chi connectivity index (χ2n) is 5.04. The second kappa shape index (κ2) is 6.16. The zero-order valence-corrected chi connectivity index (χ0v) is 11.2. The van der Waals surface area contributed by atoms with Gasteiger partial charge in [0.2, 0.25) is 5.88 Å². The zero-order valence-electron chi connectivity index (χ0n) is 11.2.